The fourth-order valence-electron chi connectivity index (χ4n) is 4.11. The Labute approximate surface area is 188 Å². The Morgan fingerprint density at radius 1 is 0.938 bits per heavy atom. The molecule has 1 N–H and O–H groups in total. The van der Waals surface area contributed by atoms with Gasteiger partial charge in [0, 0.05) is 30.3 Å². The molecule has 1 atom stereocenters. The van der Waals surface area contributed by atoms with Crippen molar-refractivity contribution in [2.75, 3.05) is 18.4 Å². The number of carbonyl (C=O) groups excluding carboxylic acids is 3. The summed E-state index contributed by atoms with van der Waals surface area (Å²) in [7, 11) is 0. The number of hydrogen-bond acceptors (Lipinski definition) is 4. The highest BCUT2D eigenvalue weighted by Gasteiger charge is 2.37. The van der Waals surface area contributed by atoms with Crippen molar-refractivity contribution in [1.82, 2.24) is 4.90 Å². The second-order valence-corrected chi connectivity index (χ2v) is 8.91. The van der Waals surface area contributed by atoms with Gasteiger partial charge in [0.25, 0.3) is 5.91 Å². The monoisotopic (exact) mass is 434 g/mol. The maximum Gasteiger partial charge on any atom is 0.310 e. The quantitative estimate of drug-likeness (QED) is 0.692. The molecule has 1 saturated heterocycles. The Balaban J connectivity index is 1.44. The van der Waals surface area contributed by atoms with Crippen LogP contribution in [0.15, 0.2) is 48.5 Å². The predicted molar refractivity (Wildman–Crippen MR) is 122 cm³/mol. The molecular weight excluding hydrogens is 404 g/mol. The van der Waals surface area contributed by atoms with Gasteiger partial charge in [-0.1, -0.05) is 42.5 Å². The number of hydrogen-bond donors (Lipinski definition) is 1. The van der Waals surface area contributed by atoms with E-state index in [1.807, 2.05) is 55.1 Å². The van der Waals surface area contributed by atoms with Gasteiger partial charge in [-0.05, 0) is 56.7 Å². The van der Waals surface area contributed by atoms with E-state index >= 15 is 0 Å². The Morgan fingerprint density at radius 3 is 2.28 bits per heavy atom. The molecule has 0 aromatic heterocycles. The van der Waals surface area contributed by atoms with E-state index in [0.29, 0.717) is 37.2 Å². The summed E-state index contributed by atoms with van der Waals surface area (Å²) < 4.78 is 5.78. The first-order chi connectivity index (χ1) is 15.4. The number of likely N-dealkylation sites (tertiary alicyclic amines) is 1. The van der Waals surface area contributed by atoms with Crippen molar-refractivity contribution in [3.8, 4) is 0 Å². The molecule has 1 aliphatic carbocycles. The highest BCUT2D eigenvalue weighted by atomic mass is 16.5. The van der Waals surface area contributed by atoms with Gasteiger partial charge in [-0.15, -0.1) is 0 Å². The Bertz CT molecular complexity index is 992. The summed E-state index contributed by atoms with van der Waals surface area (Å²) in [6.07, 6.45) is 2.06. The summed E-state index contributed by atoms with van der Waals surface area (Å²) in [5.74, 6) is -0.660. The lowest BCUT2D eigenvalue weighted by Crippen LogP contribution is -2.41. The number of aryl methyl sites for hydroxylation is 2. The molecule has 0 spiro atoms. The Hall–Kier alpha value is -3.15. The second kappa shape index (κ2) is 9.55. The first kappa shape index (κ1) is 22.1. The van der Waals surface area contributed by atoms with Crippen LogP contribution >= 0.6 is 0 Å². The van der Waals surface area contributed by atoms with Crippen LogP contribution in [0.2, 0.25) is 0 Å². The summed E-state index contributed by atoms with van der Waals surface area (Å²) in [5, 5.41) is 2.93. The maximum absolute atomic E-state index is 13.2. The van der Waals surface area contributed by atoms with Gasteiger partial charge in [0.05, 0.1) is 5.92 Å². The minimum Gasteiger partial charge on any atom is -0.447 e. The lowest BCUT2D eigenvalue weighted by Gasteiger charge is -2.31. The van der Waals surface area contributed by atoms with Crippen LogP contribution in [0, 0.1) is 25.7 Å². The number of amides is 2. The van der Waals surface area contributed by atoms with Gasteiger partial charge in [-0.2, -0.15) is 0 Å². The number of anilines is 1. The predicted octanol–water partition coefficient (Wildman–Crippen LogP) is 4.18. The maximum atomic E-state index is 13.2. The molecule has 168 valence electrons. The van der Waals surface area contributed by atoms with Crippen molar-refractivity contribution in [3.63, 3.8) is 0 Å². The van der Waals surface area contributed by atoms with Crippen LogP contribution < -0.4 is 5.32 Å². The Morgan fingerprint density at radius 2 is 1.62 bits per heavy atom. The van der Waals surface area contributed by atoms with Crippen LogP contribution in [0.3, 0.4) is 0 Å². The number of nitrogens with zero attached hydrogens (tertiary/aromatic N) is 1. The van der Waals surface area contributed by atoms with Crippen molar-refractivity contribution in [2.45, 2.75) is 45.6 Å². The van der Waals surface area contributed by atoms with Gasteiger partial charge in [0.1, 0.15) is 0 Å². The molecule has 2 amide bonds. The summed E-state index contributed by atoms with van der Waals surface area (Å²) in [4.78, 5) is 40.3. The highest BCUT2D eigenvalue weighted by molar-refractivity contribution is 5.96. The van der Waals surface area contributed by atoms with E-state index in [4.69, 9.17) is 4.74 Å². The van der Waals surface area contributed by atoms with Crippen LogP contribution in [0.4, 0.5) is 5.69 Å². The average molecular weight is 435 g/mol. The largest absolute Gasteiger partial charge is 0.447 e. The number of benzene rings is 2. The smallest absolute Gasteiger partial charge is 0.310 e. The van der Waals surface area contributed by atoms with Crippen LogP contribution in [0.5, 0.6) is 0 Å². The number of rotatable bonds is 6. The minimum atomic E-state index is -1.03. The van der Waals surface area contributed by atoms with Crippen molar-refractivity contribution in [3.05, 3.63) is 65.2 Å². The molecule has 2 fully saturated rings. The zero-order chi connectivity index (χ0) is 22.7. The van der Waals surface area contributed by atoms with Crippen molar-refractivity contribution in [1.29, 1.82) is 0 Å². The molecule has 1 saturated carbocycles. The molecule has 0 radical (unpaired) electrons. The normalized spacial score (nSPS) is 17.5. The first-order valence-electron chi connectivity index (χ1n) is 11.3. The first-order valence-corrected chi connectivity index (χ1v) is 11.3. The molecule has 6 nitrogen and oxygen atoms in total. The third-order valence-electron chi connectivity index (χ3n) is 6.29. The van der Waals surface area contributed by atoms with Crippen LogP contribution in [-0.4, -0.2) is 35.8 Å². The molecule has 0 bridgehead atoms. The highest BCUT2D eigenvalue weighted by Crippen LogP contribution is 2.33. The SMILES string of the molecule is Cc1ccc(C)c(NC(=O)C(OC(=O)C2CCN(C(=O)C3CC3)CC2)c2ccccc2)c1. The van der Waals surface area contributed by atoms with Gasteiger partial charge in [-0.3, -0.25) is 14.4 Å². The van der Waals surface area contributed by atoms with Crippen LogP contribution in [0.1, 0.15) is 48.5 Å². The van der Waals surface area contributed by atoms with Crippen molar-refractivity contribution in [2.24, 2.45) is 11.8 Å². The Kier molecular flexibility index (Phi) is 6.58. The van der Waals surface area contributed by atoms with Gasteiger partial charge < -0.3 is 15.0 Å². The summed E-state index contributed by atoms with van der Waals surface area (Å²) in [5.41, 5.74) is 3.31. The minimum absolute atomic E-state index is 0.190. The second-order valence-electron chi connectivity index (χ2n) is 8.91. The standard InChI is InChI=1S/C26H30N2O4/c1-17-8-9-18(2)22(16-17)27-24(29)23(19-6-4-3-5-7-19)32-26(31)21-12-14-28(15-13-21)25(30)20-10-11-20/h3-9,16,20-21,23H,10-15H2,1-2H3,(H,27,29). The molecule has 4 rings (SSSR count). The van der Waals surface area contributed by atoms with E-state index in [1.54, 1.807) is 12.1 Å². The number of esters is 1. The fraction of sp³-hybridized carbons (Fsp3) is 0.423. The molecule has 1 aliphatic heterocycles. The zero-order valence-electron chi connectivity index (χ0n) is 18.7. The van der Waals surface area contributed by atoms with E-state index in [2.05, 4.69) is 5.32 Å². The van der Waals surface area contributed by atoms with E-state index in [9.17, 15) is 14.4 Å². The van der Waals surface area contributed by atoms with Gasteiger partial charge in [0.15, 0.2) is 0 Å². The lowest BCUT2D eigenvalue weighted by atomic mass is 9.96. The van der Waals surface area contributed by atoms with Crippen molar-refractivity contribution < 1.29 is 19.1 Å². The molecule has 2 aromatic carbocycles. The van der Waals surface area contributed by atoms with Gasteiger partial charge >= 0.3 is 5.97 Å². The van der Waals surface area contributed by atoms with Gasteiger partial charge in [0.2, 0.25) is 12.0 Å². The number of ether oxygens (including phenoxy) is 1. The van der Waals surface area contributed by atoms with E-state index in [1.165, 1.54) is 0 Å². The molecule has 2 aliphatic rings. The number of nitrogens with one attached hydrogen (secondary N) is 1. The lowest BCUT2D eigenvalue weighted by molar-refractivity contribution is -0.161. The summed E-state index contributed by atoms with van der Waals surface area (Å²) in [6, 6.07) is 14.9. The molecule has 1 heterocycles. The fourth-order valence-corrected chi connectivity index (χ4v) is 4.11. The molecular formula is C26H30N2O4. The molecule has 32 heavy (non-hydrogen) atoms. The molecule has 2 aromatic rings. The average Bonchev–Trinajstić information content (AvgIpc) is 3.65. The van der Waals surface area contributed by atoms with Crippen LogP contribution in [0.25, 0.3) is 0 Å². The van der Waals surface area contributed by atoms with E-state index in [-0.39, 0.29) is 29.6 Å². The molecule has 1 unspecified atom stereocenters. The summed E-state index contributed by atoms with van der Waals surface area (Å²) >= 11 is 0. The van der Waals surface area contributed by atoms with Gasteiger partial charge in [-0.25, -0.2) is 0 Å². The van der Waals surface area contributed by atoms with E-state index < -0.39 is 6.10 Å². The number of carbonyl (C=O) groups is 3. The van der Waals surface area contributed by atoms with E-state index in [0.717, 1.165) is 24.0 Å². The van der Waals surface area contributed by atoms with Crippen molar-refractivity contribution >= 4 is 23.5 Å². The molecule has 6 heteroatoms. The third-order valence-corrected chi connectivity index (χ3v) is 6.29. The number of piperidine rings is 1. The topological polar surface area (TPSA) is 75.7 Å². The zero-order valence-corrected chi connectivity index (χ0v) is 18.7. The third kappa shape index (κ3) is 5.18. The van der Waals surface area contributed by atoms with Crippen LogP contribution in [-0.2, 0) is 19.1 Å². The summed E-state index contributed by atoms with van der Waals surface area (Å²) in [6.45, 7) is 5.03.